The van der Waals surface area contributed by atoms with Crippen LogP contribution in [-0.2, 0) is 6.54 Å². The Bertz CT molecular complexity index is 660. The topological polar surface area (TPSA) is 55.2 Å². The highest BCUT2D eigenvalue weighted by Gasteiger charge is 2.10. The third-order valence-corrected chi connectivity index (χ3v) is 3.50. The first-order valence-corrected chi connectivity index (χ1v) is 6.66. The van der Waals surface area contributed by atoms with Gasteiger partial charge in [0.2, 0.25) is 0 Å². The molecule has 0 amide bonds. The Balaban J connectivity index is 2.18. The number of nitro benzene ring substituents is 1. The lowest BCUT2D eigenvalue weighted by Gasteiger charge is -2.11. The van der Waals surface area contributed by atoms with Crippen molar-refractivity contribution in [3.8, 4) is 0 Å². The predicted molar refractivity (Wildman–Crippen MR) is 81.6 cm³/mol. The fraction of sp³-hybridized carbons (Fsp3) is 0.143. The van der Waals surface area contributed by atoms with Gasteiger partial charge in [0.05, 0.1) is 4.92 Å². The molecule has 0 saturated heterocycles. The Labute approximate surface area is 126 Å². The van der Waals surface area contributed by atoms with E-state index in [4.69, 9.17) is 23.2 Å². The number of benzene rings is 2. The highest BCUT2D eigenvalue weighted by atomic mass is 35.5. The summed E-state index contributed by atoms with van der Waals surface area (Å²) in [7, 11) is 0. The molecule has 20 heavy (non-hydrogen) atoms. The first-order valence-electron chi connectivity index (χ1n) is 5.90. The van der Waals surface area contributed by atoms with E-state index in [1.54, 1.807) is 6.07 Å². The number of halogens is 2. The molecule has 2 aromatic carbocycles. The van der Waals surface area contributed by atoms with Crippen LogP contribution in [0.1, 0.15) is 11.1 Å². The number of rotatable bonds is 4. The Kier molecular flexibility index (Phi) is 4.47. The molecule has 0 aliphatic heterocycles. The zero-order chi connectivity index (χ0) is 14.7. The van der Waals surface area contributed by atoms with Gasteiger partial charge in [0.25, 0.3) is 5.69 Å². The molecule has 1 N–H and O–H groups in total. The van der Waals surface area contributed by atoms with Crippen LogP contribution in [0.5, 0.6) is 0 Å². The van der Waals surface area contributed by atoms with Crippen LogP contribution in [0.3, 0.4) is 0 Å². The predicted octanol–water partition coefficient (Wildman–Crippen LogP) is 4.82. The van der Waals surface area contributed by atoms with Gasteiger partial charge in [-0.3, -0.25) is 10.1 Å². The maximum atomic E-state index is 10.8. The maximum Gasteiger partial charge on any atom is 0.269 e. The summed E-state index contributed by atoms with van der Waals surface area (Å²) in [6, 6.07) is 9.89. The molecular weight excluding hydrogens is 299 g/mol. The second-order valence-corrected chi connectivity index (χ2v) is 5.19. The summed E-state index contributed by atoms with van der Waals surface area (Å²) in [6.07, 6.45) is 0. The highest BCUT2D eigenvalue weighted by molar-refractivity contribution is 6.31. The summed E-state index contributed by atoms with van der Waals surface area (Å²) in [6.45, 7) is 2.34. The lowest BCUT2D eigenvalue weighted by molar-refractivity contribution is -0.384. The molecule has 2 rings (SSSR count). The van der Waals surface area contributed by atoms with Crippen molar-refractivity contribution in [2.75, 3.05) is 5.32 Å². The zero-order valence-corrected chi connectivity index (χ0v) is 12.2. The van der Waals surface area contributed by atoms with Crippen LogP contribution in [0.2, 0.25) is 10.0 Å². The Morgan fingerprint density at radius 2 is 1.95 bits per heavy atom. The van der Waals surface area contributed by atoms with Crippen molar-refractivity contribution < 1.29 is 4.92 Å². The van der Waals surface area contributed by atoms with Gasteiger partial charge in [0.15, 0.2) is 0 Å². The van der Waals surface area contributed by atoms with Crippen molar-refractivity contribution in [2.24, 2.45) is 0 Å². The molecule has 104 valence electrons. The van der Waals surface area contributed by atoms with Gasteiger partial charge in [-0.2, -0.15) is 0 Å². The summed E-state index contributed by atoms with van der Waals surface area (Å²) in [4.78, 5) is 10.3. The van der Waals surface area contributed by atoms with Crippen molar-refractivity contribution >= 4 is 34.6 Å². The van der Waals surface area contributed by atoms with Crippen LogP contribution in [-0.4, -0.2) is 4.92 Å². The second kappa shape index (κ2) is 6.11. The molecule has 0 heterocycles. The molecule has 4 nitrogen and oxygen atoms in total. The minimum absolute atomic E-state index is 0.0269. The van der Waals surface area contributed by atoms with E-state index in [2.05, 4.69) is 5.32 Å². The largest absolute Gasteiger partial charge is 0.381 e. The van der Waals surface area contributed by atoms with Gasteiger partial charge in [-0.1, -0.05) is 23.2 Å². The Hall–Kier alpha value is -1.78. The molecule has 0 aromatic heterocycles. The van der Waals surface area contributed by atoms with Crippen LogP contribution in [0.25, 0.3) is 0 Å². The van der Waals surface area contributed by atoms with Crippen LogP contribution >= 0.6 is 23.2 Å². The van der Waals surface area contributed by atoms with Gasteiger partial charge < -0.3 is 5.32 Å². The normalized spacial score (nSPS) is 10.3. The fourth-order valence-electron chi connectivity index (χ4n) is 1.83. The van der Waals surface area contributed by atoms with Gasteiger partial charge in [-0.05, 0) is 42.3 Å². The highest BCUT2D eigenvalue weighted by Crippen LogP contribution is 2.24. The summed E-state index contributed by atoms with van der Waals surface area (Å²) in [5.41, 5.74) is 2.62. The van der Waals surface area contributed by atoms with Gasteiger partial charge in [-0.15, -0.1) is 0 Å². The Morgan fingerprint density at radius 3 is 2.60 bits per heavy atom. The zero-order valence-electron chi connectivity index (χ0n) is 10.7. The maximum absolute atomic E-state index is 10.8. The third kappa shape index (κ3) is 3.40. The van der Waals surface area contributed by atoms with Gasteiger partial charge in [-0.25, -0.2) is 0 Å². The van der Waals surface area contributed by atoms with E-state index >= 15 is 0 Å². The summed E-state index contributed by atoms with van der Waals surface area (Å²) in [5, 5.41) is 15.1. The van der Waals surface area contributed by atoms with Gasteiger partial charge >= 0.3 is 0 Å². The average molecular weight is 311 g/mol. The molecule has 0 unspecified atom stereocenters. The number of non-ortho nitro benzene ring substituents is 1. The average Bonchev–Trinajstić information content (AvgIpc) is 2.39. The number of nitrogens with one attached hydrogen (secondary N) is 1. The van der Waals surface area contributed by atoms with E-state index in [1.165, 1.54) is 18.2 Å². The number of aryl methyl sites for hydroxylation is 1. The molecule has 6 heteroatoms. The number of nitrogens with zero attached hydrogens (tertiary/aromatic N) is 1. The van der Waals surface area contributed by atoms with Crippen molar-refractivity contribution in [1.82, 2.24) is 0 Å². The van der Waals surface area contributed by atoms with E-state index in [-0.39, 0.29) is 5.69 Å². The molecule has 2 aromatic rings. The minimum Gasteiger partial charge on any atom is -0.381 e. The fourth-order valence-corrected chi connectivity index (χ4v) is 2.24. The molecule has 0 saturated carbocycles. The smallest absolute Gasteiger partial charge is 0.269 e. The summed E-state index contributed by atoms with van der Waals surface area (Å²) >= 11 is 11.9. The van der Waals surface area contributed by atoms with Gasteiger partial charge in [0, 0.05) is 34.4 Å². The van der Waals surface area contributed by atoms with Crippen molar-refractivity contribution in [3.63, 3.8) is 0 Å². The van der Waals surface area contributed by atoms with Crippen LogP contribution < -0.4 is 5.32 Å². The Morgan fingerprint density at radius 1 is 1.20 bits per heavy atom. The molecule has 0 fully saturated rings. The first-order chi connectivity index (χ1) is 9.47. The van der Waals surface area contributed by atoms with Crippen LogP contribution in [0.15, 0.2) is 36.4 Å². The number of nitro groups is 1. The molecule has 0 aliphatic carbocycles. The SMILES string of the molecule is Cc1cc(Cl)ccc1NCc1cc([N+](=O)[O-])ccc1Cl. The first kappa shape index (κ1) is 14.6. The van der Waals surface area contributed by atoms with Gasteiger partial charge in [0.1, 0.15) is 0 Å². The lowest BCUT2D eigenvalue weighted by atomic mass is 10.1. The monoisotopic (exact) mass is 310 g/mol. The van der Waals surface area contributed by atoms with E-state index in [0.717, 1.165) is 11.3 Å². The summed E-state index contributed by atoms with van der Waals surface area (Å²) < 4.78 is 0. The van der Waals surface area contributed by atoms with Crippen molar-refractivity contribution in [3.05, 3.63) is 67.7 Å². The molecule has 0 radical (unpaired) electrons. The summed E-state index contributed by atoms with van der Waals surface area (Å²) in [5.74, 6) is 0. The third-order valence-electron chi connectivity index (χ3n) is 2.90. The number of hydrogen-bond acceptors (Lipinski definition) is 3. The molecule has 0 bridgehead atoms. The van der Waals surface area contributed by atoms with E-state index in [9.17, 15) is 10.1 Å². The van der Waals surface area contributed by atoms with Crippen LogP contribution in [0.4, 0.5) is 11.4 Å². The van der Waals surface area contributed by atoms with Crippen molar-refractivity contribution in [2.45, 2.75) is 13.5 Å². The standard InChI is InChI=1S/C14H12Cl2N2O2/c1-9-6-11(15)2-5-14(9)17-8-10-7-12(18(19)20)3-4-13(10)16/h2-7,17H,8H2,1H3. The lowest BCUT2D eigenvalue weighted by Crippen LogP contribution is -2.02. The van der Waals surface area contributed by atoms with Crippen molar-refractivity contribution in [1.29, 1.82) is 0 Å². The quantitative estimate of drug-likeness (QED) is 0.650. The number of hydrogen-bond donors (Lipinski definition) is 1. The van der Waals surface area contributed by atoms with Crippen LogP contribution in [0, 0.1) is 17.0 Å². The molecule has 0 atom stereocenters. The molecular formula is C14H12Cl2N2O2. The second-order valence-electron chi connectivity index (χ2n) is 4.35. The minimum atomic E-state index is -0.437. The number of anilines is 1. The van der Waals surface area contributed by atoms with E-state index < -0.39 is 4.92 Å². The van der Waals surface area contributed by atoms with E-state index in [0.29, 0.717) is 22.2 Å². The van der Waals surface area contributed by atoms with E-state index in [1.807, 2.05) is 19.1 Å². The molecule has 0 spiro atoms. The molecule has 0 aliphatic rings.